The fourth-order valence-corrected chi connectivity index (χ4v) is 3.50. The molecule has 0 aromatic carbocycles. The lowest BCUT2D eigenvalue weighted by molar-refractivity contribution is 0.397. The van der Waals surface area contributed by atoms with Crippen LogP contribution in [0.25, 0.3) is 0 Å². The molecule has 4 nitrogen and oxygen atoms in total. The highest BCUT2D eigenvalue weighted by Gasteiger charge is 2.15. The molecule has 1 atom stereocenters. The van der Waals surface area contributed by atoms with Crippen molar-refractivity contribution < 1.29 is 5.11 Å². The highest BCUT2D eigenvalue weighted by molar-refractivity contribution is 8.02. The lowest BCUT2D eigenvalue weighted by atomic mass is 9.96. The van der Waals surface area contributed by atoms with Crippen molar-refractivity contribution in [1.82, 2.24) is 9.47 Å². The highest BCUT2D eigenvalue weighted by Crippen LogP contribution is 2.22. The molecule has 3 rings (SSSR count). The Morgan fingerprint density at radius 3 is 3.05 bits per heavy atom. The maximum atomic E-state index is 12.3. The normalized spacial score (nSPS) is 21.1. The number of pyridine rings is 1. The molecule has 0 amide bonds. The molecular formula is C16H20N2O2S. The zero-order valence-electron chi connectivity index (χ0n) is 11.9. The third kappa shape index (κ3) is 3.35. The standard InChI is InChI=1S/C16H20N2O2S/c19-15-14(11-17-8-9-21-12-17)6-7-18(16(15)20)10-13-4-2-1-3-5-13/h2,4,6-9,13,19H,1,3,5,10-12H2. The first-order chi connectivity index (χ1) is 10.2. The predicted molar refractivity (Wildman–Crippen MR) is 86.0 cm³/mol. The summed E-state index contributed by atoms with van der Waals surface area (Å²) in [6.07, 6.45) is 11.6. The van der Waals surface area contributed by atoms with E-state index in [9.17, 15) is 9.90 Å². The largest absolute Gasteiger partial charge is 0.503 e. The molecule has 2 aliphatic rings. The number of nitrogens with zero attached hydrogens (tertiary/aromatic N) is 2. The van der Waals surface area contributed by atoms with Crippen molar-refractivity contribution in [2.45, 2.75) is 32.4 Å². The Hall–Kier alpha value is -1.62. The minimum absolute atomic E-state index is 0.109. The number of hydrogen-bond donors (Lipinski definition) is 1. The zero-order valence-corrected chi connectivity index (χ0v) is 12.8. The summed E-state index contributed by atoms with van der Waals surface area (Å²) in [5.74, 6) is 1.16. The van der Waals surface area contributed by atoms with Crippen molar-refractivity contribution in [3.05, 3.63) is 51.9 Å². The van der Waals surface area contributed by atoms with Crippen molar-refractivity contribution >= 4 is 11.8 Å². The maximum absolute atomic E-state index is 12.3. The van der Waals surface area contributed by atoms with Gasteiger partial charge in [-0.2, -0.15) is 0 Å². The molecule has 0 spiro atoms. The highest BCUT2D eigenvalue weighted by atomic mass is 32.2. The number of allylic oxidation sites excluding steroid dienone is 2. The van der Waals surface area contributed by atoms with E-state index in [0.717, 1.165) is 18.7 Å². The van der Waals surface area contributed by atoms with E-state index in [2.05, 4.69) is 17.1 Å². The quantitative estimate of drug-likeness (QED) is 0.869. The molecule has 0 saturated heterocycles. The van der Waals surface area contributed by atoms with Gasteiger partial charge in [0.25, 0.3) is 5.56 Å². The Bertz CT molecular complexity index is 621. The van der Waals surface area contributed by atoms with Crippen LogP contribution in [0.2, 0.25) is 0 Å². The molecule has 0 bridgehead atoms. The molecule has 1 unspecified atom stereocenters. The van der Waals surface area contributed by atoms with Crippen molar-refractivity contribution in [2.24, 2.45) is 5.92 Å². The molecular weight excluding hydrogens is 284 g/mol. The van der Waals surface area contributed by atoms with Crippen LogP contribution in [0, 0.1) is 5.92 Å². The molecule has 1 aliphatic carbocycles. The van der Waals surface area contributed by atoms with E-state index in [-0.39, 0.29) is 11.3 Å². The number of aromatic hydroxyl groups is 1. The molecule has 1 aromatic heterocycles. The lowest BCUT2D eigenvalue weighted by Crippen LogP contribution is -2.25. The Morgan fingerprint density at radius 1 is 1.43 bits per heavy atom. The van der Waals surface area contributed by atoms with E-state index < -0.39 is 0 Å². The summed E-state index contributed by atoms with van der Waals surface area (Å²) in [7, 11) is 0. The van der Waals surface area contributed by atoms with Gasteiger partial charge in [0.2, 0.25) is 0 Å². The summed E-state index contributed by atoms with van der Waals surface area (Å²) in [6, 6.07) is 1.86. The Balaban J connectivity index is 1.75. The molecule has 0 saturated carbocycles. The van der Waals surface area contributed by atoms with E-state index in [4.69, 9.17) is 0 Å². The fraction of sp³-hybridized carbons (Fsp3) is 0.438. The topological polar surface area (TPSA) is 45.5 Å². The first-order valence-electron chi connectivity index (χ1n) is 7.34. The van der Waals surface area contributed by atoms with E-state index in [1.807, 2.05) is 23.9 Å². The summed E-state index contributed by atoms with van der Waals surface area (Å²) < 4.78 is 1.63. The van der Waals surface area contributed by atoms with Crippen LogP contribution in [0.1, 0.15) is 24.8 Å². The maximum Gasteiger partial charge on any atom is 0.293 e. The Kier molecular flexibility index (Phi) is 4.39. The molecule has 2 heterocycles. The van der Waals surface area contributed by atoms with Crippen LogP contribution in [0.3, 0.4) is 0 Å². The van der Waals surface area contributed by atoms with Crippen molar-refractivity contribution in [1.29, 1.82) is 0 Å². The van der Waals surface area contributed by atoms with Crippen LogP contribution < -0.4 is 5.56 Å². The molecule has 1 aromatic rings. The van der Waals surface area contributed by atoms with E-state index >= 15 is 0 Å². The number of thioether (sulfide) groups is 1. The van der Waals surface area contributed by atoms with Crippen LogP contribution >= 0.6 is 11.8 Å². The summed E-state index contributed by atoms with van der Waals surface area (Å²) in [4.78, 5) is 14.4. The van der Waals surface area contributed by atoms with Gasteiger partial charge >= 0.3 is 0 Å². The van der Waals surface area contributed by atoms with E-state index in [1.54, 1.807) is 16.3 Å². The molecule has 0 radical (unpaired) electrons. The first kappa shape index (κ1) is 14.3. The monoisotopic (exact) mass is 304 g/mol. The molecule has 112 valence electrons. The van der Waals surface area contributed by atoms with Gasteiger partial charge in [-0.05, 0) is 36.7 Å². The number of aromatic nitrogens is 1. The van der Waals surface area contributed by atoms with Gasteiger partial charge in [-0.15, -0.1) is 11.8 Å². The molecule has 1 N–H and O–H groups in total. The smallest absolute Gasteiger partial charge is 0.293 e. The SMILES string of the molecule is O=c1c(O)c(CN2C=CSC2)ccn1CC1C=CCCC1. The Morgan fingerprint density at radius 2 is 2.33 bits per heavy atom. The molecule has 5 heteroatoms. The Labute approximate surface area is 128 Å². The third-order valence-electron chi connectivity index (χ3n) is 3.99. The van der Waals surface area contributed by atoms with Crippen molar-refractivity contribution in [3.63, 3.8) is 0 Å². The lowest BCUT2D eigenvalue weighted by Gasteiger charge is -2.19. The second-order valence-electron chi connectivity index (χ2n) is 5.59. The second-order valence-corrected chi connectivity index (χ2v) is 6.46. The summed E-state index contributed by atoms with van der Waals surface area (Å²) >= 11 is 1.71. The first-order valence-corrected chi connectivity index (χ1v) is 8.39. The average Bonchev–Trinajstić information content (AvgIpc) is 3.01. The van der Waals surface area contributed by atoms with Crippen LogP contribution in [-0.4, -0.2) is 20.5 Å². The van der Waals surface area contributed by atoms with Crippen LogP contribution in [0.5, 0.6) is 5.75 Å². The van der Waals surface area contributed by atoms with Gasteiger partial charge in [0.05, 0.1) is 5.88 Å². The zero-order chi connectivity index (χ0) is 14.7. The number of hydrogen-bond acceptors (Lipinski definition) is 4. The fourth-order valence-electron chi connectivity index (χ4n) is 2.79. The van der Waals surface area contributed by atoms with Gasteiger partial charge in [-0.25, -0.2) is 0 Å². The van der Waals surface area contributed by atoms with Crippen LogP contribution in [-0.2, 0) is 13.1 Å². The van der Waals surface area contributed by atoms with Gasteiger partial charge in [-0.1, -0.05) is 12.2 Å². The molecule has 1 aliphatic heterocycles. The van der Waals surface area contributed by atoms with Gasteiger partial charge in [0.1, 0.15) is 0 Å². The summed E-state index contributed by atoms with van der Waals surface area (Å²) in [6.45, 7) is 1.23. The predicted octanol–water partition coefficient (Wildman–Crippen LogP) is 2.89. The molecule has 21 heavy (non-hydrogen) atoms. The van der Waals surface area contributed by atoms with E-state index in [1.165, 1.54) is 6.42 Å². The van der Waals surface area contributed by atoms with Crippen LogP contribution in [0.15, 0.2) is 40.8 Å². The van der Waals surface area contributed by atoms with Crippen molar-refractivity contribution in [3.8, 4) is 5.75 Å². The third-order valence-corrected chi connectivity index (χ3v) is 4.79. The van der Waals surface area contributed by atoms with E-state index in [0.29, 0.717) is 24.6 Å². The minimum Gasteiger partial charge on any atom is -0.503 e. The average molecular weight is 304 g/mol. The molecule has 0 fully saturated rings. The second kappa shape index (κ2) is 6.43. The van der Waals surface area contributed by atoms with Gasteiger partial charge < -0.3 is 14.6 Å². The van der Waals surface area contributed by atoms with Gasteiger partial charge in [0.15, 0.2) is 5.75 Å². The van der Waals surface area contributed by atoms with Gasteiger partial charge in [-0.3, -0.25) is 4.79 Å². The van der Waals surface area contributed by atoms with Crippen molar-refractivity contribution in [2.75, 3.05) is 5.88 Å². The van der Waals surface area contributed by atoms with Gasteiger partial charge in [0, 0.05) is 31.0 Å². The van der Waals surface area contributed by atoms with Crippen LogP contribution in [0.4, 0.5) is 0 Å². The number of rotatable bonds is 4. The summed E-state index contributed by atoms with van der Waals surface area (Å²) in [5, 5.41) is 12.2. The minimum atomic E-state index is -0.276. The summed E-state index contributed by atoms with van der Waals surface area (Å²) in [5.41, 5.74) is 0.421.